The number of hydrogen-bond acceptors (Lipinski definition) is 5. The SMILES string of the molecule is O=[N+]([O-])CC(O)c1cnc(Cl)cn1. The van der Waals surface area contributed by atoms with Gasteiger partial charge in [0.1, 0.15) is 5.15 Å². The van der Waals surface area contributed by atoms with Crippen LogP contribution in [0.15, 0.2) is 12.4 Å². The van der Waals surface area contributed by atoms with E-state index in [4.69, 9.17) is 11.6 Å². The van der Waals surface area contributed by atoms with Crippen molar-refractivity contribution in [3.8, 4) is 0 Å². The predicted octanol–water partition coefficient (Wildman–Crippen LogP) is 0.440. The van der Waals surface area contributed by atoms with Gasteiger partial charge in [0.25, 0.3) is 0 Å². The van der Waals surface area contributed by atoms with Gasteiger partial charge < -0.3 is 5.11 Å². The highest BCUT2D eigenvalue weighted by atomic mass is 35.5. The maximum Gasteiger partial charge on any atom is 0.235 e. The van der Waals surface area contributed by atoms with E-state index >= 15 is 0 Å². The van der Waals surface area contributed by atoms with Crippen LogP contribution in [0.25, 0.3) is 0 Å². The Bertz CT molecular complexity index is 302. The number of rotatable bonds is 3. The Labute approximate surface area is 78.4 Å². The molecule has 1 atom stereocenters. The summed E-state index contributed by atoms with van der Waals surface area (Å²) in [5.74, 6) is 0. The first-order valence-electron chi connectivity index (χ1n) is 3.37. The van der Waals surface area contributed by atoms with Crippen molar-refractivity contribution in [2.45, 2.75) is 6.10 Å². The van der Waals surface area contributed by atoms with Crippen molar-refractivity contribution in [3.63, 3.8) is 0 Å². The number of aromatic nitrogens is 2. The zero-order chi connectivity index (χ0) is 9.84. The molecule has 1 rings (SSSR count). The Morgan fingerprint density at radius 3 is 2.77 bits per heavy atom. The van der Waals surface area contributed by atoms with Gasteiger partial charge in [0.05, 0.1) is 18.1 Å². The van der Waals surface area contributed by atoms with Gasteiger partial charge in [-0.25, -0.2) is 4.98 Å². The van der Waals surface area contributed by atoms with E-state index in [1.54, 1.807) is 0 Å². The molecule has 0 saturated heterocycles. The van der Waals surface area contributed by atoms with Crippen LogP contribution in [-0.2, 0) is 0 Å². The van der Waals surface area contributed by atoms with Crippen molar-refractivity contribution >= 4 is 11.6 Å². The third-order valence-corrected chi connectivity index (χ3v) is 1.50. The van der Waals surface area contributed by atoms with Crippen LogP contribution >= 0.6 is 11.6 Å². The summed E-state index contributed by atoms with van der Waals surface area (Å²) >= 11 is 5.43. The van der Waals surface area contributed by atoms with E-state index in [-0.39, 0.29) is 10.8 Å². The molecule has 1 unspecified atom stereocenters. The zero-order valence-corrected chi connectivity index (χ0v) is 7.18. The van der Waals surface area contributed by atoms with E-state index in [0.29, 0.717) is 0 Å². The zero-order valence-electron chi connectivity index (χ0n) is 6.42. The standard InChI is InChI=1S/C6H6ClN3O3/c7-6-2-8-4(1-9-6)5(11)3-10(12)13/h1-2,5,11H,3H2. The van der Waals surface area contributed by atoms with Gasteiger partial charge in [0.15, 0.2) is 6.10 Å². The lowest BCUT2D eigenvalue weighted by atomic mass is 10.3. The van der Waals surface area contributed by atoms with Gasteiger partial charge in [-0.2, -0.15) is 0 Å². The molecule has 0 aromatic carbocycles. The van der Waals surface area contributed by atoms with E-state index in [2.05, 4.69) is 9.97 Å². The molecule has 6 nitrogen and oxygen atoms in total. The summed E-state index contributed by atoms with van der Waals surface area (Å²) in [6.07, 6.45) is 1.19. The summed E-state index contributed by atoms with van der Waals surface area (Å²) in [6.45, 7) is -0.587. The molecule has 7 heteroatoms. The summed E-state index contributed by atoms with van der Waals surface area (Å²) < 4.78 is 0. The first kappa shape index (κ1) is 9.82. The van der Waals surface area contributed by atoms with Crippen molar-refractivity contribution in [2.75, 3.05) is 6.54 Å². The van der Waals surface area contributed by atoms with E-state index in [1.807, 2.05) is 0 Å². The molecule has 0 spiro atoms. The number of aliphatic hydroxyl groups excluding tert-OH is 1. The first-order chi connectivity index (χ1) is 6.09. The van der Waals surface area contributed by atoms with E-state index < -0.39 is 17.6 Å². The van der Waals surface area contributed by atoms with Gasteiger partial charge in [-0.3, -0.25) is 15.1 Å². The number of nitro groups is 1. The highest BCUT2D eigenvalue weighted by Gasteiger charge is 2.15. The molecule has 1 aromatic heterocycles. The van der Waals surface area contributed by atoms with E-state index in [0.717, 1.165) is 0 Å². The highest BCUT2D eigenvalue weighted by molar-refractivity contribution is 6.29. The van der Waals surface area contributed by atoms with Crippen molar-refractivity contribution < 1.29 is 10.0 Å². The maximum absolute atomic E-state index is 10.0. The number of nitrogens with zero attached hydrogens (tertiary/aromatic N) is 3. The number of aliphatic hydroxyl groups is 1. The largest absolute Gasteiger partial charge is 0.380 e. The van der Waals surface area contributed by atoms with Gasteiger partial charge in [0, 0.05) is 4.92 Å². The number of halogens is 1. The molecular weight excluding hydrogens is 198 g/mol. The highest BCUT2D eigenvalue weighted by Crippen LogP contribution is 2.10. The fourth-order valence-corrected chi connectivity index (χ4v) is 0.827. The minimum atomic E-state index is -1.24. The lowest BCUT2D eigenvalue weighted by Gasteiger charge is -2.03. The minimum Gasteiger partial charge on any atom is -0.380 e. The Morgan fingerprint density at radius 1 is 1.62 bits per heavy atom. The van der Waals surface area contributed by atoms with Crippen LogP contribution in [0, 0.1) is 10.1 Å². The molecule has 1 aromatic rings. The molecule has 0 aliphatic carbocycles. The average Bonchev–Trinajstić information content (AvgIpc) is 2.04. The Kier molecular flexibility index (Phi) is 3.10. The monoisotopic (exact) mass is 203 g/mol. The third kappa shape index (κ3) is 2.92. The molecule has 0 aliphatic heterocycles. The maximum atomic E-state index is 10.0. The lowest BCUT2D eigenvalue weighted by Crippen LogP contribution is -2.13. The molecular formula is C6H6ClN3O3. The Balaban J connectivity index is 2.71. The fourth-order valence-electron chi connectivity index (χ4n) is 0.729. The van der Waals surface area contributed by atoms with Gasteiger partial charge >= 0.3 is 0 Å². The summed E-state index contributed by atoms with van der Waals surface area (Å²) in [5, 5.41) is 19.4. The quantitative estimate of drug-likeness (QED) is 0.569. The van der Waals surface area contributed by atoms with Crippen LogP contribution in [0.1, 0.15) is 11.8 Å². The van der Waals surface area contributed by atoms with Crippen LogP contribution in [0.2, 0.25) is 5.15 Å². The summed E-state index contributed by atoms with van der Waals surface area (Å²) in [6, 6.07) is 0. The van der Waals surface area contributed by atoms with E-state index in [1.165, 1.54) is 12.4 Å². The smallest absolute Gasteiger partial charge is 0.235 e. The number of hydrogen-bond donors (Lipinski definition) is 1. The van der Waals surface area contributed by atoms with Crippen LogP contribution in [0.5, 0.6) is 0 Å². The van der Waals surface area contributed by atoms with Crippen LogP contribution in [0.3, 0.4) is 0 Å². The first-order valence-corrected chi connectivity index (χ1v) is 3.74. The molecule has 0 aliphatic rings. The van der Waals surface area contributed by atoms with Crippen molar-refractivity contribution in [2.24, 2.45) is 0 Å². The topological polar surface area (TPSA) is 89.2 Å². The molecule has 0 radical (unpaired) electrons. The molecule has 1 N–H and O–H groups in total. The molecule has 0 fully saturated rings. The van der Waals surface area contributed by atoms with Gasteiger partial charge in [-0.15, -0.1) is 0 Å². The molecule has 70 valence electrons. The molecule has 1 heterocycles. The second-order valence-corrected chi connectivity index (χ2v) is 2.68. The molecule has 0 saturated carbocycles. The van der Waals surface area contributed by atoms with E-state index in [9.17, 15) is 15.2 Å². The molecule has 0 bridgehead atoms. The van der Waals surface area contributed by atoms with Crippen molar-refractivity contribution in [3.05, 3.63) is 33.4 Å². The van der Waals surface area contributed by atoms with Gasteiger partial charge in [-0.05, 0) is 0 Å². The van der Waals surface area contributed by atoms with Crippen LogP contribution < -0.4 is 0 Å². The van der Waals surface area contributed by atoms with Crippen molar-refractivity contribution in [1.82, 2.24) is 9.97 Å². The van der Waals surface area contributed by atoms with Crippen molar-refractivity contribution in [1.29, 1.82) is 0 Å². The fraction of sp³-hybridized carbons (Fsp3) is 0.333. The van der Waals surface area contributed by atoms with Gasteiger partial charge in [0.2, 0.25) is 6.54 Å². The normalized spacial score (nSPS) is 12.5. The summed E-state index contributed by atoms with van der Waals surface area (Å²) in [7, 11) is 0. The van der Waals surface area contributed by atoms with Crippen LogP contribution in [0.4, 0.5) is 0 Å². The average molecular weight is 204 g/mol. The molecule has 13 heavy (non-hydrogen) atoms. The lowest BCUT2D eigenvalue weighted by molar-refractivity contribution is -0.491. The van der Waals surface area contributed by atoms with Gasteiger partial charge in [-0.1, -0.05) is 11.6 Å². The second-order valence-electron chi connectivity index (χ2n) is 2.30. The third-order valence-electron chi connectivity index (χ3n) is 1.30. The Morgan fingerprint density at radius 2 is 2.31 bits per heavy atom. The predicted molar refractivity (Wildman–Crippen MR) is 43.9 cm³/mol. The summed E-state index contributed by atoms with van der Waals surface area (Å²) in [5.41, 5.74) is 0.140. The Hall–Kier alpha value is -1.27. The van der Waals surface area contributed by atoms with Crippen LogP contribution in [-0.4, -0.2) is 26.5 Å². The molecule has 0 amide bonds. The summed E-state index contributed by atoms with van der Waals surface area (Å²) in [4.78, 5) is 16.7. The minimum absolute atomic E-state index is 0.140. The second kappa shape index (κ2) is 4.11.